The third-order valence-corrected chi connectivity index (χ3v) is 1.10. The van der Waals surface area contributed by atoms with Crippen molar-refractivity contribution in [2.24, 2.45) is 0 Å². The molecule has 11 heavy (non-hydrogen) atoms. The number of hydrogen-bond acceptors (Lipinski definition) is 3. The molecule has 0 aliphatic heterocycles. The highest BCUT2D eigenvalue weighted by Gasteiger charge is 1.88. The van der Waals surface area contributed by atoms with Crippen LogP contribution in [0.4, 0.5) is 0 Å². The number of nitriles is 1. The van der Waals surface area contributed by atoms with Gasteiger partial charge in [-0.05, 0) is 17.7 Å². The number of pyridine rings is 1. The first-order valence-electron chi connectivity index (χ1n) is 3.03. The van der Waals surface area contributed by atoms with E-state index >= 15 is 0 Å². The molecular formula is C8H6N2O. The lowest BCUT2D eigenvalue weighted by Crippen LogP contribution is -1.74. The largest absolute Gasteiger partial charge is 0.506 e. The molecular weight excluding hydrogens is 140 g/mol. The molecule has 1 aromatic rings. The van der Waals surface area contributed by atoms with Gasteiger partial charge in [0.15, 0.2) is 0 Å². The van der Waals surface area contributed by atoms with Crippen LogP contribution < -0.4 is 0 Å². The predicted octanol–water partition coefficient (Wildman–Crippen LogP) is 1.32. The minimum absolute atomic E-state index is 0.102. The van der Waals surface area contributed by atoms with Crippen LogP contribution in [0.5, 0.6) is 5.75 Å². The second-order valence-corrected chi connectivity index (χ2v) is 1.94. The Morgan fingerprint density at radius 1 is 1.55 bits per heavy atom. The molecule has 0 atom stereocenters. The molecule has 1 aromatic heterocycles. The average molecular weight is 146 g/mol. The Morgan fingerprint density at radius 3 is 3.00 bits per heavy atom. The van der Waals surface area contributed by atoms with Crippen LogP contribution in [-0.2, 0) is 0 Å². The summed E-state index contributed by atoms with van der Waals surface area (Å²) in [4.78, 5) is 3.73. The van der Waals surface area contributed by atoms with Gasteiger partial charge in [-0.2, -0.15) is 5.26 Å². The van der Waals surface area contributed by atoms with E-state index in [1.54, 1.807) is 12.3 Å². The molecule has 1 rings (SSSR count). The molecule has 1 heterocycles. The highest BCUT2D eigenvalue weighted by Crippen LogP contribution is 2.09. The number of hydrogen-bond donors (Lipinski definition) is 1. The van der Waals surface area contributed by atoms with Crippen LogP contribution in [0.25, 0.3) is 6.08 Å². The normalized spacial score (nSPS) is 9.73. The molecule has 0 saturated heterocycles. The molecule has 0 unspecified atom stereocenters. The highest BCUT2D eigenvalue weighted by molar-refractivity contribution is 5.51. The standard InChI is InChI=1S/C8H6N2O/c9-3-1-2-7-4-8(11)6-10-5-7/h1-2,4-6,11H. The third-order valence-electron chi connectivity index (χ3n) is 1.10. The molecule has 0 amide bonds. The Bertz CT molecular complexity index is 312. The fourth-order valence-electron chi connectivity index (χ4n) is 0.670. The van der Waals surface area contributed by atoms with Crippen LogP contribution >= 0.6 is 0 Å². The lowest BCUT2D eigenvalue weighted by atomic mass is 10.2. The van der Waals surface area contributed by atoms with Gasteiger partial charge in [0.1, 0.15) is 5.75 Å². The summed E-state index contributed by atoms with van der Waals surface area (Å²) >= 11 is 0. The lowest BCUT2D eigenvalue weighted by molar-refractivity contribution is 0.472. The second-order valence-electron chi connectivity index (χ2n) is 1.94. The molecule has 54 valence electrons. The van der Waals surface area contributed by atoms with E-state index in [2.05, 4.69) is 4.98 Å². The van der Waals surface area contributed by atoms with E-state index in [0.717, 1.165) is 0 Å². The van der Waals surface area contributed by atoms with Gasteiger partial charge in [0.05, 0.1) is 12.3 Å². The monoisotopic (exact) mass is 146 g/mol. The first-order chi connectivity index (χ1) is 5.33. The van der Waals surface area contributed by atoms with E-state index in [9.17, 15) is 0 Å². The van der Waals surface area contributed by atoms with E-state index in [1.807, 2.05) is 6.07 Å². The summed E-state index contributed by atoms with van der Waals surface area (Å²) in [6.45, 7) is 0. The van der Waals surface area contributed by atoms with E-state index in [-0.39, 0.29) is 5.75 Å². The van der Waals surface area contributed by atoms with E-state index < -0.39 is 0 Å². The molecule has 0 aromatic carbocycles. The van der Waals surface area contributed by atoms with Crippen LogP contribution in [0.1, 0.15) is 5.56 Å². The molecule has 0 spiro atoms. The number of aromatic hydroxyl groups is 1. The number of rotatable bonds is 1. The Kier molecular flexibility index (Phi) is 2.24. The van der Waals surface area contributed by atoms with Crippen molar-refractivity contribution in [1.29, 1.82) is 5.26 Å². The van der Waals surface area contributed by atoms with Gasteiger partial charge < -0.3 is 5.11 Å². The number of aromatic nitrogens is 1. The fourth-order valence-corrected chi connectivity index (χ4v) is 0.670. The smallest absolute Gasteiger partial charge is 0.134 e. The van der Waals surface area contributed by atoms with Crippen molar-refractivity contribution < 1.29 is 5.11 Å². The zero-order chi connectivity index (χ0) is 8.10. The predicted molar refractivity (Wildman–Crippen MR) is 40.5 cm³/mol. The topological polar surface area (TPSA) is 56.9 Å². The quantitative estimate of drug-likeness (QED) is 0.608. The molecule has 0 fully saturated rings. The van der Waals surface area contributed by atoms with Crippen molar-refractivity contribution in [3.8, 4) is 11.8 Å². The van der Waals surface area contributed by atoms with E-state index in [0.29, 0.717) is 5.56 Å². The summed E-state index contributed by atoms with van der Waals surface area (Å²) in [7, 11) is 0. The summed E-state index contributed by atoms with van der Waals surface area (Å²) < 4.78 is 0. The Balaban J connectivity index is 2.90. The average Bonchev–Trinajstić information content (AvgIpc) is 2.01. The zero-order valence-corrected chi connectivity index (χ0v) is 5.73. The van der Waals surface area contributed by atoms with Crippen LogP contribution in [0.15, 0.2) is 24.5 Å². The van der Waals surface area contributed by atoms with Gasteiger partial charge in [0.25, 0.3) is 0 Å². The molecule has 0 aliphatic rings. The molecule has 1 N–H and O–H groups in total. The number of nitrogens with zero attached hydrogens (tertiary/aromatic N) is 2. The van der Waals surface area contributed by atoms with Gasteiger partial charge in [-0.1, -0.05) is 0 Å². The summed E-state index contributed by atoms with van der Waals surface area (Å²) in [6.07, 6.45) is 5.81. The van der Waals surface area contributed by atoms with Gasteiger partial charge in [0.2, 0.25) is 0 Å². The first-order valence-corrected chi connectivity index (χ1v) is 3.03. The molecule has 0 bridgehead atoms. The van der Waals surface area contributed by atoms with Crippen LogP contribution in [0.2, 0.25) is 0 Å². The lowest BCUT2D eigenvalue weighted by Gasteiger charge is -1.91. The molecule has 0 saturated carbocycles. The molecule has 0 aliphatic carbocycles. The van der Waals surface area contributed by atoms with Gasteiger partial charge in [-0.3, -0.25) is 4.98 Å². The maximum absolute atomic E-state index is 8.93. The molecule has 3 heteroatoms. The van der Waals surface area contributed by atoms with Crippen molar-refractivity contribution in [3.05, 3.63) is 30.1 Å². The van der Waals surface area contributed by atoms with Crippen molar-refractivity contribution in [3.63, 3.8) is 0 Å². The molecule has 3 nitrogen and oxygen atoms in total. The van der Waals surface area contributed by atoms with Gasteiger partial charge in [-0.25, -0.2) is 0 Å². The van der Waals surface area contributed by atoms with Gasteiger partial charge in [0, 0.05) is 12.3 Å². The number of allylic oxidation sites excluding steroid dienone is 1. The third kappa shape index (κ3) is 2.11. The fraction of sp³-hybridized carbons (Fsp3) is 0. The minimum atomic E-state index is 0.102. The second kappa shape index (κ2) is 3.37. The van der Waals surface area contributed by atoms with Crippen LogP contribution in [0.3, 0.4) is 0 Å². The van der Waals surface area contributed by atoms with E-state index in [1.165, 1.54) is 18.3 Å². The van der Waals surface area contributed by atoms with Crippen molar-refractivity contribution in [2.45, 2.75) is 0 Å². The highest BCUT2D eigenvalue weighted by atomic mass is 16.3. The van der Waals surface area contributed by atoms with Gasteiger partial charge in [-0.15, -0.1) is 0 Å². The molecule has 0 radical (unpaired) electrons. The van der Waals surface area contributed by atoms with Gasteiger partial charge >= 0.3 is 0 Å². The van der Waals surface area contributed by atoms with Crippen molar-refractivity contribution in [2.75, 3.05) is 0 Å². The summed E-state index contributed by atoms with van der Waals surface area (Å²) in [5.74, 6) is 0.102. The van der Waals surface area contributed by atoms with Crippen LogP contribution in [-0.4, -0.2) is 10.1 Å². The Hall–Kier alpha value is -1.82. The summed E-state index contributed by atoms with van der Waals surface area (Å²) in [5.41, 5.74) is 0.714. The maximum atomic E-state index is 8.93. The van der Waals surface area contributed by atoms with E-state index in [4.69, 9.17) is 10.4 Å². The maximum Gasteiger partial charge on any atom is 0.134 e. The first kappa shape index (κ1) is 7.29. The Labute approximate surface area is 64.2 Å². The Morgan fingerprint density at radius 2 is 2.36 bits per heavy atom. The summed E-state index contributed by atoms with van der Waals surface area (Å²) in [5, 5.41) is 17.1. The zero-order valence-electron chi connectivity index (χ0n) is 5.73. The SMILES string of the molecule is N#CC=Cc1cncc(O)c1. The van der Waals surface area contributed by atoms with Crippen LogP contribution in [0, 0.1) is 11.3 Å². The van der Waals surface area contributed by atoms with Crippen molar-refractivity contribution in [1.82, 2.24) is 4.98 Å². The van der Waals surface area contributed by atoms with Crippen molar-refractivity contribution >= 4 is 6.08 Å². The minimum Gasteiger partial charge on any atom is -0.506 e. The summed E-state index contributed by atoms with van der Waals surface area (Å²) in [6, 6.07) is 3.37.